The maximum Gasteiger partial charge on any atom is 0.244 e. The van der Waals surface area contributed by atoms with Crippen LogP contribution in [0.2, 0.25) is 0 Å². The van der Waals surface area contributed by atoms with Gasteiger partial charge >= 0.3 is 0 Å². The number of nitrogens with two attached hydrogens (primary N) is 1. The Morgan fingerprint density at radius 1 is 1.10 bits per heavy atom. The molecule has 21 heavy (non-hydrogen) atoms. The lowest BCUT2D eigenvalue weighted by atomic mass is 9.78. The molecule has 0 aromatic heterocycles. The lowest BCUT2D eigenvalue weighted by molar-refractivity contribution is -0.114. The number of carbonyl (C=O) groups is 1. The largest absolute Gasteiger partial charge is 0.507 e. The van der Waals surface area contributed by atoms with Crippen LogP contribution in [-0.4, -0.2) is 11.0 Å². The molecule has 1 aromatic carbocycles. The Kier molecular flexibility index (Phi) is 4.57. The third-order valence-corrected chi connectivity index (χ3v) is 3.55. The van der Waals surface area contributed by atoms with Gasteiger partial charge in [-0.15, -0.1) is 0 Å². The molecule has 0 aliphatic rings. The summed E-state index contributed by atoms with van der Waals surface area (Å²) in [5.74, 6) is -0.152. The minimum absolute atomic E-state index is 0.186. The van der Waals surface area contributed by atoms with Crippen LogP contribution in [0.3, 0.4) is 0 Å². The van der Waals surface area contributed by atoms with Crippen LogP contribution in [0.1, 0.15) is 58.2 Å². The monoisotopic (exact) mass is 289 g/mol. The zero-order valence-electron chi connectivity index (χ0n) is 14.0. The van der Waals surface area contributed by atoms with Crippen LogP contribution >= 0.6 is 0 Å². The molecule has 0 atom stereocenters. The minimum atomic E-state index is -0.488. The standard InChI is InChI=1S/C18H27NO2/c1-11(16(19)21)8-12-9-13(17(2,3)4)15(20)14(10-12)18(5,6)7/h9-10,20H,1,8H2,2-7H3,(H2,19,21). The van der Waals surface area contributed by atoms with Gasteiger partial charge in [0.25, 0.3) is 0 Å². The van der Waals surface area contributed by atoms with Gasteiger partial charge in [-0.1, -0.05) is 60.3 Å². The molecule has 1 rings (SSSR count). The van der Waals surface area contributed by atoms with Crippen molar-refractivity contribution in [2.75, 3.05) is 0 Å². The maximum atomic E-state index is 11.2. The summed E-state index contributed by atoms with van der Waals surface area (Å²) < 4.78 is 0. The van der Waals surface area contributed by atoms with Gasteiger partial charge in [0.15, 0.2) is 0 Å². The molecule has 0 spiro atoms. The number of hydrogen-bond donors (Lipinski definition) is 2. The van der Waals surface area contributed by atoms with E-state index in [0.717, 1.165) is 16.7 Å². The zero-order valence-corrected chi connectivity index (χ0v) is 14.0. The number of amides is 1. The normalized spacial score (nSPS) is 12.3. The van der Waals surface area contributed by atoms with Crippen LogP contribution in [0.15, 0.2) is 24.3 Å². The van der Waals surface area contributed by atoms with E-state index in [1.807, 2.05) is 12.1 Å². The van der Waals surface area contributed by atoms with Crippen LogP contribution in [0.5, 0.6) is 5.75 Å². The molecule has 116 valence electrons. The van der Waals surface area contributed by atoms with E-state index in [9.17, 15) is 9.90 Å². The molecule has 0 saturated carbocycles. The van der Waals surface area contributed by atoms with E-state index in [4.69, 9.17) is 5.73 Å². The van der Waals surface area contributed by atoms with E-state index >= 15 is 0 Å². The number of carbonyl (C=O) groups excluding carboxylic acids is 1. The summed E-state index contributed by atoms with van der Waals surface area (Å²) in [7, 11) is 0. The molecular weight excluding hydrogens is 262 g/mol. The molecular formula is C18H27NO2. The molecule has 0 bridgehead atoms. The molecule has 0 heterocycles. The van der Waals surface area contributed by atoms with Gasteiger partial charge in [0, 0.05) is 12.0 Å². The number of primary amides is 1. The van der Waals surface area contributed by atoms with Crippen LogP contribution in [0.25, 0.3) is 0 Å². The summed E-state index contributed by atoms with van der Waals surface area (Å²) in [6.07, 6.45) is 0.405. The summed E-state index contributed by atoms with van der Waals surface area (Å²) in [4.78, 5) is 11.2. The molecule has 0 radical (unpaired) electrons. The first-order chi connectivity index (χ1) is 9.34. The van der Waals surface area contributed by atoms with E-state index in [2.05, 4.69) is 48.1 Å². The Bertz CT molecular complexity index is 537. The third kappa shape index (κ3) is 4.10. The molecule has 3 nitrogen and oxygen atoms in total. The number of phenolic OH excluding ortho intramolecular Hbond substituents is 1. The summed E-state index contributed by atoms with van der Waals surface area (Å²) in [5, 5.41) is 10.6. The number of hydrogen-bond acceptors (Lipinski definition) is 2. The van der Waals surface area contributed by atoms with E-state index < -0.39 is 5.91 Å². The average molecular weight is 289 g/mol. The second-order valence-corrected chi connectivity index (χ2v) is 7.68. The smallest absolute Gasteiger partial charge is 0.244 e. The van der Waals surface area contributed by atoms with Crippen molar-refractivity contribution in [3.63, 3.8) is 0 Å². The van der Waals surface area contributed by atoms with Gasteiger partial charge in [0.05, 0.1) is 0 Å². The van der Waals surface area contributed by atoms with Gasteiger partial charge < -0.3 is 10.8 Å². The van der Waals surface area contributed by atoms with E-state index in [0.29, 0.717) is 17.7 Å². The van der Waals surface area contributed by atoms with Crippen molar-refractivity contribution in [3.8, 4) is 5.75 Å². The van der Waals surface area contributed by atoms with E-state index in [-0.39, 0.29) is 10.8 Å². The van der Waals surface area contributed by atoms with Crippen molar-refractivity contribution in [2.45, 2.75) is 58.8 Å². The van der Waals surface area contributed by atoms with Crippen LogP contribution in [0, 0.1) is 0 Å². The molecule has 1 amide bonds. The molecule has 3 N–H and O–H groups in total. The highest BCUT2D eigenvalue weighted by Crippen LogP contribution is 2.40. The van der Waals surface area contributed by atoms with Crippen molar-refractivity contribution in [3.05, 3.63) is 41.0 Å². The fourth-order valence-electron chi connectivity index (χ4n) is 2.27. The quantitative estimate of drug-likeness (QED) is 0.835. The Labute approximate surface area is 127 Å². The van der Waals surface area contributed by atoms with Crippen molar-refractivity contribution in [1.82, 2.24) is 0 Å². The second kappa shape index (κ2) is 5.55. The lowest BCUT2D eigenvalue weighted by Crippen LogP contribution is -2.19. The average Bonchev–Trinajstić information content (AvgIpc) is 2.27. The highest BCUT2D eigenvalue weighted by molar-refractivity contribution is 5.91. The predicted octanol–water partition coefficient (Wildman–Crippen LogP) is 3.57. The van der Waals surface area contributed by atoms with E-state index in [1.54, 1.807) is 0 Å². The Balaban J connectivity index is 3.48. The Morgan fingerprint density at radius 2 is 1.48 bits per heavy atom. The highest BCUT2D eigenvalue weighted by Gasteiger charge is 2.26. The number of rotatable bonds is 3. The van der Waals surface area contributed by atoms with Gasteiger partial charge in [-0.2, -0.15) is 0 Å². The Morgan fingerprint density at radius 3 is 1.76 bits per heavy atom. The summed E-state index contributed by atoms with van der Waals surface area (Å²) in [6.45, 7) is 16.1. The van der Waals surface area contributed by atoms with Crippen molar-refractivity contribution in [1.29, 1.82) is 0 Å². The molecule has 0 aliphatic carbocycles. The molecule has 0 fully saturated rings. The zero-order chi connectivity index (χ0) is 16.6. The first-order valence-electron chi connectivity index (χ1n) is 7.18. The highest BCUT2D eigenvalue weighted by atomic mass is 16.3. The summed E-state index contributed by atoms with van der Waals surface area (Å²) in [5.41, 5.74) is 7.98. The fourth-order valence-corrected chi connectivity index (χ4v) is 2.27. The van der Waals surface area contributed by atoms with Crippen LogP contribution < -0.4 is 5.73 Å². The first-order valence-corrected chi connectivity index (χ1v) is 7.18. The third-order valence-electron chi connectivity index (χ3n) is 3.55. The molecule has 0 saturated heterocycles. The Hall–Kier alpha value is -1.77. The van der Waals surface area contributed by atoms with Crippen molar-refractivity contribution >= 4 is 5.91 Å². The van der Waals surface area contributed by atoms with Gasteiger partial charge in [-0.25, -0.2) is 0 Å². The van der Waals surface area contributed by atoms with Gasteiger partial charge in [0.2, 0.25) is 5.91 Å². The predicted molar refractivity (Wildman–Crippen MR) is 87.5 cm³/mol. The van der Waals surface area contributed by atoms with Gasteiger partial charge in [0.1, 0.15) is 5.75 Å². The maximum absolute atomic E-state index is 11.2. The van der Waals surface area contributed by atoms with Crippen LogP contribution in [-0.2, 0) is 22.0 Å². The second-order valence-electron chi connectivity index (χ2n) is 7.68. The topological polar surface area (TPSA) is 63.3 Å². The SMILES string of the molecule is C=C(Cc1cc(C(C)(C)C)c(O)c(C(C)(C)C)c1)C(N)=O. The number of benzene rings is 1. The fraction of sp³-hybridized carbons (Fsp3) is 0.500. The number of phenols is 1. The van der Waals surface area contributed by atoms with Gasteiger partial charge in [-0.3, -0.25) is 4.79 Å². The minimum Gasteiger partial charge on any atom is -0.507 e. The first kappa shape index (κ1) is 17.3. The van der Waals surface area contributed by atoms with Crippen LogP contribution in [0.4, 0.5) is 0 Å². The molecule has 0 unspecified atom stereocenters. The van der Waals surface area contributed by atoms with E-state index in [1.165, 1.54) is 0 Å². The van der Waals surface area contributed by atoms with Gasteiger partial charge in [-0.05, 0) is 27.5 Å². The lowest BCUT2D eigenvalue weighted by Gasteiger charge is -2.28. The van der Waals surface area contributed by atoms with Crippen molar-refractivity contribution in [2.24, 2.45) is 5.73 Å². The molecule has 1 aromatic rings. The molecule has 3 heteroatoms. The number of aromatic hydroxyl groups is 1. The summed E-state index contributed by atoms with van der Waals surface area (Å²) >= 11 is 0. The van der Waals surface area contributed by atoms with Crippen molar-refractivity contribution < 1.29 is 9.90 Å². The molecule has 0 aliphatic heterocycles. The summed E-state index contributed by atoms with van der Waals surface area (Å²) in [6, 6.07) is 3.89.